The third kappa shape index (κ3) is 11.3. The van der Waals surface area contributed by atoms with E-state index >= 15 is 0 Å². The van der Waals surface area contributed by atoms with Crippen LogP contribution in [-0.4, -0.2) is 32.1 Å². The van der Waals surface area contributed by atoms with Gasteiger partial charge in [0, 0.05) is 12.3 Å². The van der Waals surface area contributed by atoms with Crippen molar-refractivity contribution in [1.29, 1.82) is 0 Å². The molecule has 0 heterocycles. The zero-order valence-corrected chi connectivity index (χ0v) is 15.9. The number of anilines is 1. The van der Waals surface area contributed by atoms with Crippen LogP contribution in [0.5, 0.6) is 5.75 Å². The van der Waals surface area contributed by atoms with Crippen molar-refractivity contribution in [3.8, 4) is 5.75 Å². The van der Waals surface area contributed by atoms with E-state index in [-0.39, 0.29) is 35.7 Å². The molecule has 0 aromatic heterocycles. The number of nitrogens with two attached hydrogens (primary N) is 1. The van der Waals surface area contributed by atoms with Crippen LogP contribution >= 0.6 is 24.0 Å². The number of hydrogen-bond acceptors (Lipinski definition) is 3. The highest BCUT2D eigenvalue weighted by Crippen LogP contribution is 2.23. The number of hydrogen-bond donors (Lipinski definition) is 2. The maximum absolute atomic E-state index is 12.0. The molecule has 0 aliphatic carbocycles. The third-order valence-electron chi connectivity index (χ3n) is 2.72. The summed E-state index contributed by atoms with van der Waals surface area (Å²) in [6.07, 6.45) is -3.71. The molecular weight excluding hydrogens is 438 g/mol. The Morgan fingerprint density at radius 3 is 2.38 bits per heavy atom. The summed E-state index contributed by atoms with van der Waals surface area (Å²) < 4.78 is 45.3. The lowest BCUT2D eigenvalue weighted by Gasteiger charge is -2.10. The topological polar surface area (TPSA) is 68.9 Å². The van der Waals surface area contributed by atoms with E-state index in [0.29, 0.717) is 31.4 Å². The molecule has 0 spiro atoms. The van der Waals surface area contributed by atoms with Crippen molar-refractivity contribution < 1.29 is 22.6 Å². The van der Waals surface area contributed by atoms with Crippen molar-refractivity contribution in [2.24, 2.45) is 16.6 Å². The number of guanidine groups is 1. The molecule has 0 aliphatic rings. The maximum Gasteiger partial charge on any atom is 0.573 e. The summed E-state index contributed by atoms with van der Waals surface area (Å²) in [7, 11) is 0. The van der Waals surface area contributed by atoms with Crippen LogP contribution in [0.1, 0.15) is 20.3 Å². The Morgan fingerprint density at radius 2 is 1.83 bits per heavy atom. The van der Waals surface area contributed by atoms with Gasteiger partial charge in [-0.25, -0.2) is 0 Å². The fourth-order valence-electron chi connectivity index (χ4n) is 1.58. The van der Waals surface area contributed by atoms with Crippen LogP contribution in [0, 0.1) is 5.92 Å². The Bertz CT molecular complexity index is 494. The van der Waals surface area contributed by atoms with Gasteiger partial charge in [0.25, 0.3) is 0 Å². The van der Waals surface area contributed by atoms with Gasteiger partial charge in [-0.05, 0) is 36.6 Å². The van der Waals surface area contributed by atoms with Crippen LogP contribution in [0.4, 0.5) is 18.9 Å². The van der Waals surface area contributed by atoms with Gasteiger partial charge >= 0.3 is 6.36 Å². The predicted molar refractivity (Wildman–Crippen MR) is 98.9 cm³/mol. The Kier molecular flexibility index (Phi) is 10.8. The molecule has 1 aromatic rings. The minimum absolute atomic E-state index is 0. The monoisotopic (exact) mass is 461 g/mol. The molecule has 0 fully saturated rings. The average molecular weight is 461 g/mol. The highest BCUT2D eigenvalue weighted by Gasteiger charge is 2.30. The van der Waals surface area contributed by atoms with E-state index in [9.17, 15) is 13.2 Å². The van der Waals surface area contributed by atoms with Crippen molar-refractivity contribution in [2.45, 2.75) is 26.6 Å². The number of ether oxygens (including phenoxy) is 2. The summed E-state index contributed by atoms with van der Waals surface area (Å²) in [4.78, 5) is 4.07. The van der Waals surface area contributed by atoms with Crippen LogP contribution in [0.3, 0.4) is 0 Å². The number of aliphatic imine (C=N–C) groups is 1. The first kappa shape index (κ1) is 22.8. The second-order valence-electron chi connectivity index (χ2n) is 5.26. The van der Waals surface area contributed by atoms with E-state index in [0.717, 1.165) is 6.42 Å². The molecule has 3 N–H and O–H groups in total. The third-order valence-corrected chi connectivity index (χ3v) is 2.72. The molecule has 1 aromatic carbocycles. The normalized spacial score (nSPS) is 12.0. The second-order valence-corrected chi connectivity index (χ2v) is 5.26. The summed E-state index contributed by atoms with van der Waals surface area (Å²) in [5, 5.41) is 2.78. The van der Waals surface area contributed by atoms with E-state index in [2.05, 4.69) is 28.9 Å². The molecule has 0 amide bonds. The van der Waals surface area contributed by atoms with Crippen LogP contribution in [0.2, 0.25) is 0 Å². The molecule has 0 saturated heterocycles. The zero-order valence-electron chi connectivity index (χ0n) is 13.6. The Labute approximate surface area is 156 Å². The average Bonchev–Trinajstić information content (AvgIpc) is 2.43. The maximum atomic E-state index is 12.0. The van der Waals surface area contributed by atoms with Crippen molar-refractivity contribution >= 4 is 35.6 Å². The predicted octanol–water partition coefficient (Wildman–Crippen LogP) is 3.99. The largest absolute Gasteiger partial charge is 0.573 e. The van der Waals surface area contributed by atoms with E-state index < -0.39 is 6.36 Å². The molecule has 0 radical (unpaired) electrons. The van der Waals surface area contributed by atoms with Crippen LogP contribution < -0.4 is 15.8 Å². The van der Waals surface area contributed by atoms with Gasteiger partial charge < -0.3 is 20.5 Å². The van der Waals surface area contributed by atoms with E-state index in [4.69, 9.17) is 10.5 Å². The summed E-state index contributed by atoms with van der Waals surface area (Å²) in [6.45, 7) is 5.80. The minimum atomic E-state index is -4.70. The van der Waals surface area contributed by atoms with Crippen LogP contribution in [0.25, 0.3) is 0 Å². The fraction of sp³-hybridized carbons (Fsp3) is 0.533. The lowest BCUT2D eigenvalue weighted by atomic mass is 10.1. The molecule has 0 unspecified atom stereocenters. The van der Waals surface area contributed by atoms with Crippen molar-refractivity contribution in [3.63, 3.8) is 0 Å². The molecule has 5 nitrogen and oxygen atoms in total. The van der Waals surface area contributed by atoms with Gasteiger partial charge in [-0.2, -0.15) is 0 Å². The highest BCUT2D eigenvalue weighted by atomic mass is 127. The number of nitrogens with one attached hydrogen (secondary N) is 1. The highest BCUT2D eigenvalue weighted by molar-refractivity contribution is 14.0. The lowest BCUT2D eigenvalue weighted by Crippen LogP contribution is -2.23. The Morgan fingerprint density at radius 1 is 1.21 bits per heavy atom. The van der Waals surface area contributed by atoms with E-state index in [1.807, 2.05) is 0 Å². The second kappa shape index (κ2) is 11.3. The van der Waals surface area contributed by atoms with Gasteiger partial charge in [0.05, 0.1) is 13.2 Å². The molecule has 1 rings (SSSR count). The summed E-state index contributed by atoms with van der Waals surface area (Å²) >= 11 is 0. The van der Waals surface area contributed by atoms with E-state index in [1.165, 1.54) is 24.3 Å². The fourth-order valence-corrected chi connectivity index (χ4v) is 1.58. The number of rotatable bonds is 8. The number of benzene rings is 1. The van der Waals surface area contributed by atoms with Gasteiger partial charge in [-0.15, -0.1) is 37.1 Å². The van der Waals surface area contributed by atoms with Gasteiger partial charge in [-0.3, -0.25) is 4.99 Å². The van der Waals surface area contributed by atoms with Crippen molar-refractivity contribution in [1.82, 2.24) is 0 Å². The SMILES string of the molecule is CC(C)CCOCCN=C(N)Nc1ccc(OC(F)(F)F)cc1.I. The number of nitrogens with zero attached hydrogens (tertiary/aromatic N) is 1. The van der Waals surface area contributed by atoms with Gasteiger partial charge in [0.15, 0.2) is 5.96 Å². The van der Waals surface area contributed by atoms with Crippen molar-refractivity contribution in [3.05, 3.63) is 24.3 Å². The molecule has 0 saturated carbocycles. The van der Waals surface area contributed by atoms with E-state index in [1.54, 1.807) is 0 Å². The van der Waals surface area contributed by atoms with Gasteiger partial charge in [0.2, 0.25) is 0 Å². The van der Waals surface area contributed by atoms with Crippen molar-refractivity contribution in [2.75, 3.05) is 25.1 Å². The Balaban J connectivity index is 0.00000529. The molecule has 0 aliphatic heterocycles. The molecule has 138 valence electrons. The van der Waals surface area contributed by atoms with Gasteiger partial charge in [0.1, 0.15) is 5.75 Å². The minimum Gasteiger partial charge on any atom is -0.406 e. The first-order valence-electron chi connectivity index (χ1n) is 7.27. The first-order chi connectivity index (χ1) is 10.8. The smallest absolute Gasteiger partial charge is 0.406 e. The number of halogens is 4. The molecule has 0 atom stereocenters. The Hall–Kier alpha value is -1.23. The molecule has 0 bridgehead atoms. The first-order valence-corrected chi connectivity index (χ1v) is 7.27. The van der Waals surface area contributed by atoms with Gasteiger partial charge in [-0.1, -0.05) is 13.8 Å². The molecule has 24 heavy (non-hydrogen) atoms. The van der Waals surface area contributed by atoms with Crippen LogP contribution in [0.15, 0.2) is 29.3 Å². The summed E-state index contributed by atoms with van der Waals surface area (Å²) in [5.41, 5.74) is 6.20. The molecule has 9 heteroatoms. The standard InChI is InChI=1S/C15H22F3N3O2.HI/c1-11(2)7-9-22-10-8-20-14(19)21-12-3-5-13(6-4-12)23-15(16,17)18;/h3-6,11H,7-10H2,1-2H3,(H3,19,20,21);1H. The quantitative estimate of drug-likeness (QED) is 0.266. The lowest BCUT2D eigenvalue weighted by molar-refractivity contribution is -0.274. The zero-order chi connectivity index (χ0) is 17.3. The summed E-state index contributed by atoms with van der Waals surface area (Å²) in [6, 6.07) is 5.22. The summed E-state index contributed by atoms with van der Waals surface area (Å²) in [5.74, 6) is 0.466. The van der Waals surface area contributed by atoms with Crippen LogP contribution in [-0.2, 0) is 4.74 Å². The molecular formula is C15H23F3IN3O2. The number of alkyl halides is 3.